The number of aromatic nitrogens is 3. The molecule has 0 saturated heterocycles. The summed E-state index contributed by atoms with van der Waals surface area (Å²) >= 11 is 0. The number of carbonyl (C=O) groups is 2. The highest BCUT2D eigenvalue weighted by Gasteiger charge is 2.19. The lowest BCUT2D eigenvalue weighted by Crippen LogP contribution is -2.23. The quantitative estimate of drug-likeness (QED) is 0.385. The summed E-state index contributed by atoms with van der Waals surface area (Å²) in [5.74, 6) is -0.242. The van der Waals surface area contributed by atoms with Crippen LogP contribution in [0.4, 0.5) is 5.82 Å². The van der Waals surface area contributed by atoms with Gasteiger partial charge in [0.25, 0.3) is 5.91 Å². The predicted molar refractivity (Wildman–Crippen MR) is 124 cm³/mol. The van der Waals surface area contributed by atoms with Gasteiger partial charge in [-0.25, -0.2) is 9.48 Å². The number of amides is 1. The summed E-state index contributed by atoms with van der Waals surface area (Å²) in [5, 5.41) is 20.0. The van der Waals surface area contributed by atoms with Gasteiger partial charge in [-0.05, 0) is 38.1 Å². The number of anilines is 1. The molecule has 176 valence electrons. The molecule has 0 aliphatic rings. The van der Waals surface area contributed by atoms with Crippen molar-refractivity contribution in [1.82, 2.24) is 14.9 Å². The van der Waals surface area contributed by atoms with Gasteiger partial charge in [-0.2, -0.15) is 10.4 Å². The third kappa shape index (κ3) is 5.20. The Bertz CT molecular complexity index is 1380. The SMILES string of the molecule is Cc1noc(C)c1COc1ccccc1C(=O)OCC(=O)Nc1c(C#N)cnn1-c1ccccc1. The standard InChI is InChI=1S/C25H21N5O5/c1-16-21(17(2)35-29-16)14-33-22-11-7-6-10-20(22)25(32)34-15-23(31)28-24-18(12-26)13-27-30(24)19-8-4-3-5-9-19/h3-11,13H,14-15H2,1-2H3,(H,28,31). The molecule has 4 rings (SSSR count). The summed E-state index contributed by atoms with van der Waals surface area (Å²) in [6.07, 6.45) is 1.35. The smallest absolute Gasteiger partial charge is 0.342 e. The van der Waals surface area contributed by atoms with E-state index in [4.69, 9.17) is 14.0 Å². The van der Waals surface area contributed by atoms with E-state index in [1.807, 2.05) is 24.3 Å². The zero-order chi connectivity index (χ0) is 24.8. The number of esters is 1. The average molecular weight is 471 g/mol. The van der Waals surface area contributed by atoms with Crippen LogP contribution in [0.25, 0.3) is 5.69 Å². The molecule has 4 aromatic rings. The van der Waals surface area contributed by atoms with E-state index in [0.29, 0.717) is 22.9 Å². The first-order valence-electron chi connectivity index (χ1n) is 10.6. The van der Waals surface area contributed by atoms with E-state index in [9.17, 15) is 14.9 Å². The van der Waals surface area contributed by atoms with Gasteiger partial charge in [0.15, 0.2) is 12.4 Å². The number of ether oxygens (including phenoxy) is 2. The average Bonchev–Trinajstić information content (AvgIpc) is 3.43. The van der Waals surface area contributed by atoms with Gasteiger partial charge in [0.05, 0.1) is 23.1 Å². The molecule has 0 spiro atoms. The molecule has 10 heteroatoms. The van der Waals surface area contributed by atoms with E-state index in [1.54, 1.807) is 50.2 Å². The maximum Gasteiger partial charge on any atom is 0.342 e. The number of nitrogens with zero attached hydrogens (tertiary/aromatic N) is 4. The van der Waals surface area contributed by atoms with Gasteiger partial charge in [0, 0.05) is 0 Å². The molecule has 1 amide bonds. The number of para-hydroxylation sites is 2. The predicted octanol–water partition coefficient (Wildman–Crippen LogP) is 3.72. The molecule has 0 fully saturated rings. The van der Waals surface area contributed by atoms with Crippen molar-refractivity contribution in [3.63, 3.8) is 0 Å². The van der Waals surface area contributed by atoms with Gasteiger partial charge in [-0.3, -0.25) is 4.79 Å². The van der Waals surface area contributed by atoms with Crippen LogP contribution in [0.5, 0.6) is 5.75 Å². The van der Waals surface area contributed by atoms with Crippen molar-refractivity contribution < 1.29 is 23.6 Å². The number of nitrogens with one attached hydrogen (secondary N) is 1. The number of nitriles is 1. The van der Waals surface area contributed by atoms with Crippen LogP contribution in [-0.4, -0.2) is 33.4 Å². The maximum atomic E-state index is 12.7. The molecule has 2 aromatic carbocycles. The Kier molecular flexibility index (Phi) is 6.88. The molecule has 0 aliphatic carbocycles. The largest absolute Gasteiger partial charge is 0.488 e. The van der Waals surface area contributed by atoms with Crippen molar-refractivity contribution in [2.24, 2.45) is 0 Å². The molecule has 1 N–H and O–H groups in total. The lowest BCUT2D eigenvalue weighted by molar-refractivity contribution is -0.119. The second-order valence-corrected chi connectivity index (χ2v) is 7.48. The zero-order valence-corrected chi connectivity index (χ0v) is 19.0. The van der Waals surface area contributed by atoms with Crippen LogP contribution in [-0.2, 0) is 16.1 Å². The Morgan fingerprint density at radius 1 is 1.11 bits per heavy atom. The van der Waals surface area contributed by atoms with Gasteiger partial charge in [0.1, 0.15) is 35.3 Å². The van der Waals surface area contributed by atoms with Gasteiger partial charge in [-0.15, -0.1) is 0 Å². The van der Waals surface area contributed by atoms with Crippen LogP contribution in [0.1, 0.15) is 32.9 Å². The topological polar surface area (TPSA) is 132 Å². The van der Waals surface area contributed by atoms with Crippen molar-refractivity contribution in [1.29, 1.82) is 5.26 Å². The monoisotopic (exact) mass is 471 g/mol. The Morgan fingerprint density at radius 3 is 2.57 bits per heavy atom. The summed E-state index contributed by atoms with van der Waals surface area (Å²) in [6.45, 7) is 3.17. The number of aryl methyl sites for hydroxylation is 2. The number of hydrogen-bond acceptors (Lipinski definition) is 8. The fourth-order valence-corrected chi connectivity index (χ4v) is 3.31. The number of benzene rings is 2. The molecule has 0 radical (unpaired) electrons. The van der Waals surface area contributed by atoms with E-state index >= 15 is 0 Å². The number of hydrogen-bond donors (Lipinski definition) is 1. The fraction of sp³-hybridized carbons (Fsp3) is 0.160. The van der Waals surface area contributed by atoms with Crippen molar-refractivity contribution >= 4 is 17.7 Å². The molecule has 2 heterocycles. The molecule has 2 aromatic heterocycles. The van der Waals surface area contributed by atoms with E-state index in [0.717, 1.165) is 5.56 Å². The number of rotatable bonds is 8. The van der Waals surface area contributed by atoms with E-state index in [1.165, 1.54) is 10.9 Å². The molecular formula is C25H21N5O5. The summed E-state index contributed by atoms with van der Waals surface area (Å²) in [7, 11) is 0. The van der Waals surface area contributed by atoms with E-state index < -0.39 is 18.5 Å². The van der Waals surface area contributed by atoms with Crippen LogP contribution in [0, 0.1) is 25.2 Å². The minimum atomic E-state index is -0.730. The summed E-state index contributed by atoms with van der Waals surface area (Å²) in [5.41, 5.74) is 2.48. The third-order valence-corrected chi connectivity index (χ3v) is 5.14. The van der Waals surface area contributed by atoms with Gasteiger partial charge < -0.3 is 19.3 Å². The molecule has 35 heavy (non-hydrogen) atoms. The van der Waals surface area contributed by atoms with Crippen LogP contribution in [0.15, 0.2) is 65.3 Å². The first kappa shape index (κ1) is 23.3. The molecule has 0 atom stereocenters. The summed E-state index contributed by atoms with van der Waals surface area (Å²) in [4.78, 5) is 25.2. The minimum absolute atomic E-state index is 0.159. The minimum Gasteiger partial charge on any atom is -0.488 e. The summed E-state index contributed by atoms with van der Waals surface area (Å²) < 4.78 is 17.6. The second kappa shape index (κ2) is 10.4. The molecule has 10 nitrogen and oxygen atoms in total. The van der Waals surface area contributed by atoms with Crippen molar-refractivity contribution in [3.05, 3.63) is 88.9 Å². The Labute approximate surface area is 200 Å². The third-order valence-electron chi connectivity index (χ3n) is 5.14. The molecule has 0 unspecified atom stereocenters. The zero-order valence-electron chi connectivity index (χ0n) is 19.0. The van der Waals surface area contributed by atoms with E-state index in [-0.39, 0.29) is 23.6 Å². The van der Waals surface area contributed by atoms with Crippen molar-refractivity contribution in [2.45, 2.75) is 20.5 Å². The molecular weight excluding hydrogens is 450 g/mol. The van der Waals surface area contributed by atoms with Crippen molar-refractivity contribution in [3.8, 4) is 17.5 Å². The van der Waals surface area contributed by atoms with Gasteiger partial charge in [0.2, 0.25) is 0 Å². The van der Waals surface area contributed by atoms with Crippen LogP contribution in [0.2, 0.25) is 0 Å². The maximum absolute atomic E-state index is 12.7. The van der Waals surface area contributed by atoms with Crippen LogP contribution < -0.4 is 10.1 Å². The Hall–Kier alpha value is -4.91. The molecule has 0 bridgehead atoms. The normalized spacial score (nSPS) is 10.4. The molecule has 0 aliphatic heterocycles. The van der Waals surface area contributed by atoms with E-state index in [2.05, 4.69) is 15.6 Å². The Morgan fingerprint density at radius 2 is 1.86 bits per heavy atom. The molecule has 0 saturated carbocycles. The van der Waals surface area contributed by atoms with Crippen LogP contribution >= 0.6 is 0 Å². The first-order valence-corrected chi connectivity index (χ1v) is 10.6. The highest BCUT2D eigenvalue weighted by molar-refractivity contribution is 5.97. The number of carbonyl (C=O) groups excluding carboxylic acids is 2. The lowest BCUT2D eigenvalue weighted by atomic mass is 10.2. The van der Waals surface area contributed by atoms with Crippen molar-refractivity contribution in [2.75, 3.05) is 11.9 Å². The lowest BCUT2D eigenvalue weighted by Gasteiger charge is -2.12. The van der Waals surface area contributed by atoms with Crippen LogP contribution in [0.3, 0.4) is 0 Å². The Balaban J connectivity index is 1.42. The van der Waals surface area contributed by atoms with Gasteiger partial charge in [-0.1, -0.05) is 35.5 Å². The highest BCUT2D eigenvalue weighted by Crippen LogP contribution is 2.23. The summed E-state index contributed by atoms with van der Waals surface area (Å²) in [6, 6.07) is 17.6. The highest BCUT2D eigenvalue weighted by atomic mass is 16.5. The second-order valence-electron chi connectivity index (χ2n) is 7.48. The fourth-order valence-electron chi connectivity index (χ4n) is 3.31. The first-order chi connectivity index (χ1) is 17.0. The van der Waals surface area contributed by atoms with Gasteiger partial charge >= 0.3 is 5.97 Å².